The number of carboxylic acid groups (broad SMARTS) is 1. The molecule has 0 aromatic carbocycles. The van der Waals surface area contributed by atoms with Crippen LogP contribution < -0.4 is 0 Å². The fourth-order valence-corrected chi connectivity index (χ4v) is 5.68. The van der Waals surface area contributed by atoms with Crippen LogP contribution in [0.4, 0.5) is 0 Å². The molecule has 6 nitrogen and oxygen atoms in total. The lowest BCUT2D eigenvalue weighted by Gasteiger charge is -2.24. The Kier molecular flexibility index (Phi) is 24.2. The number of aliphatic hydroxyl groups is 1. The molecule has 0 aromatic rings. The van der Waals surface area contributed by atoms with E-state index >= 15 is 0 Å². The summed E-state index contributed by atoms with van der Waals surface area (Å²) in [4.78, 5) is 10.9. The van der Waals surface area contributed by atoms with E-state index in [-0.39, 0.29) is 12.7 Å². The van der Waals surface area contributed by atoms with Gasteiger partial charge in [-0.05, 0) is 31.9 Å². The maximum atomic E-state index is 11.0. The van der Waals surface area contributed by atoms with Gasteiger partial charge in [0.2, 0.25) is 0 Å². The molecule has 0 heterocycles. The standard InChI is InChI=1S/C27H55O6PS/c1-4-6-8-10-12-13-14-16-18-23-35-25(20-17-15-11-9-7-5-2)24(3)32-21-19-22-33-27(30,34-31)26(28)29/h24-25,30H,4-23,34H2,1-3H3,(H,28,29). The zero-order chi connectivity index (χ0) is 26.2. The number of hydrogen-bond acceptors (Lipinski definition) is 6. The number of rotatable bonds is 27. The Morgan fingerprint density at radius 2 is 1.34 bits per heavy atom. The lowest BCUT2D eigenvalue weighted by molar-refractivity contribution is -0.190. The van der Waals surface area contributed by atoms with E-state index in [0.717, 1.165) is 6.42 Å². The lowest BCUT2D eigenvalue weighted by atomic mass is 10.1. The average Bonchev–Trinajstić information content (AvgIpc) is 2.85. The zero-order valence-electron chi connectivity index (χ0n) is 22.8. The van der Waals surface area contributed by atoms with Gasteiger partial charge in [0.15, 0.2) is 0 Å². The second kappa shape index (κ2) is 24.3. The molecule has 0 aliphatic carbocycles. The van der Waals surface area contributed by atoms with Gasteiger partial charge in [0.25, 0.3) is 0 Å². The molecular formula is C27H55O6PS. The summed E-state index contributed by atoms with van der Waals surface area (Å²) < 4.78 is 21.9. The maximum absolute atomic E-state index is 11.0. The minimum absolute atomic E-state index is 0.00155. The van der Waals surface area contributed by atoms with Gasteiger partial charge in [-0.2, -0.15) is 11.8 Å². The van der Waals surface area contributed by atoms with Crippen LogP contribution in [0.25, 0.3) is 0 Å². The van der Waals surface area contributed by atoms with Crippen molar-refractivity contribution in [2.24, 2.45) is 0 Å². The summed E-state index contributed by atoms with van der Waals surface area (Å²) in [5.41, 5.74) is -2.56. The molecule has 2 N–H and O–H groups in total. The Balaban J connectivity index is 4.24. The highest BCUT2D eigenvalue weighted by Crippen LogP contribution is 2.26. The molecule has 0 amide bonds. The second-order valence-electron chi connectivity index (χ2n) is 9.69. The van der Waals surface area contributed by atoms with Gasteiger partial charge in [-0.3, -0.25) is 0 Å². The molecule has 0 bridgehead atoms. The van der Waals surface area contributed by atoms with Gasteiger partial charge in [-0.15, -0.1) is 0 Å². The van der Waals surface area contributed by atoms with Crippen molar-refractivity contribution in [1.82, 2.24) is 0 Å². The normalized spacial score (nSPS) is 15.4. The summed E-state index contributed by atoms with van der Waals surface area (Å²) in [5.74, 6) is -0.436. The molecule has 0 aliphatic heterocycles. The molecular weight excluding hydrogens is 483 g/mol. The van der Waals surface area contributed by atoms with Crippen LogP contribution in [0.5, 0.6) is 0 Å². The summed E-state index contributed by atoms with van der Waals surface area (Å²) in [6, 6.07) is 0. The van der Waals surface area contributed by atoms with Gasteiger partial charge in [0.1, 0.15) is 8.46 Å². The van der Waals surface area contributed by atoms with Crippen molar-refractivity contribution >= 4 is 26.2 Å². The average molecular weight is 539 g/mol. The molecule has 0 rings (SSSR count). The van der Waals surface area contributed by atoms with Gasteiger partial charge < -0.3 is 24.3 Å². The van der Waals surface area contributed by atoms with E-state index in [0.29, 0.717) is 18.3 Å². The molecule has 0 saturated carbocycles. The molecule has 0 aliphatic rings. The van der Waals surface area contributed by atoms with Crippen LogP contribution in [0.1, 0.15) is 130 Å². The number of thioether (sulfide) groups is 1. The fourth-order valence-electron chi connectivity index (χ4n) is 4.04. The highest BCUT2D eigenvalue weighted by molar-refractivity contribution is 7.99. The van der Waals surface area contributed by atoms with Gasteiger partial charge in [0, 0.05) is 11.9 Å². The molecule has 0 spiro atoms. The van der Waals surface area contributed by atoms with Crippen molar-refractivity contribution in [2.45, 2.75) is 147 Å². The van der Waals surface area contributed by atoms with Gasteiger partial charge in [-0.1, -0.05) is 104 Å². The molecule has 4 atom stereocenters. The predicted molar refractivity (Wildman–Crippen MR) is 150 cm³/mol. The third-order valence-electron chi connectivity index (χ3n) is 6.40. The van der Waals surface area contributed by atoms with Gasteiger partial charge >= 0.3 is 11.5 Å². The van der Waals surface area contributed by atoms with Crippen LogP contribution in [-0.2, 0) is 18.8 Å². The summed E-state index contributed by atoms with van der Waals surface area (Å²) >= 11 is 2.04. The molecule has 0 radical (unpaired) electrons. The minimum Gasteiger partial charge on any atom is -0.477 e. The molecule has 210 valence electrons. The van der Waals surface area contributed by atoms with E-state index in [1.165, 1.54) is 102 Å². The number of carboxylic acids is 1. The van der Waals surface area contributed by atoms with Crippen LogP contribution in [0, 0.1) is 0 Å². The van der Waals surface area contributed by atoms with Crippen molar-refractivity contribution in [2.75, 3.05) is 19.0 Å². The Morgan fingerprint density at radius 1 is 0.829 bits per heavy atom. The third-order valence-corrected chi connectivity index (χ3v) is 8.71. The predicted octanol–water partition coefficient (Wildman–Crippen LogP) is 7.67. The quantitative estimate of drug-likeness (QED) is 0.0629. The number of aliphatic carboxylic acids is 1. The largest absolute Gasteiger partial charge is 0.477 e. The van der Waals surface area contributed by atoms with E-state index in [9.17, 15) is 14.5 Å². The van der Waals surface area contributed by atoms with E-state index in [2.05, 4.69) is 20.8 Å². The number of ether oxygens (including phenoxy) is 2. The van der Waals surface area contributed by atoms with Crippen LogP contribution in [0.3, 0.4) is 0 Å². The zero-order valence-corrected chi connectivity index (χ0v) is 24.8. The first kappa shape index (κ1) is 34.9. The van der Waals surface area contributed by atoms with Crippen LogP contribution in [-0.4, -0.2) is 52.0 Å². The third kappa shape index (κ3) is 19.7. The van der Waals surface area contributed by atoms with Gasteiger partial charge in [0.05, 0.1) is 12.7 Å². The van der Waals surface area contributed by atoms with Crippen molar-refractivity contribution in [3.63, 3.8) is 0 Å². The smallest absolute Gasteiger partial charge is 0.371 e. The van der Waals surface area contributed by atoms with E-state index in [1.807, 2.05) is 11.8 Å². The molecule has 0 fully saturated rings. The SMILES string of the molecule is CCCCCCCCCCCSC(CCCCCCCC)C(C)OCCCOC(O)([PH2]=O)C(=O)O. The highest BCUT2D eigenvalue weighted by Gasteiger charge is 2.36. The van der Waals surface area contributed by atoms with Crippen LogP contribution in [0.2, 0.25) is 0 Å². The molecule has 4 unspecified atom stereocenters. The Hall–Kier alpha value is -0.0700. The second-order valence-corrected chi connectivity index (χ2v) is 12.1. The minimum atomic E-state index is -2.56. The molecule has 0 saturated heterocycles. The number of carbonyl (C=O) groups is 1. The van der Waals surface area contributed by atoms with Crippen LogP contribution >= 0.6 is 20.2 Å². The number of hydrogen-bond donors (Lipinski definition) is 2. The highest BCUT2D eigenvalue weighted by atomic mass is 32.2. The lowest BCUT2D eigenvalue weighted by Crippen LogP contribution is -2.36. The van der Waals surface area contributed by atoms with E-state index < -0.39 is 20.0 Å². The van der Waals surface area contributed by atoms with Crippen LogP contribution in [0.15, 0.2) is 0 Å². The molecule has 8 heteroatoms. The van der Waals surface area contributed by atoms with Crippen molar-refractivity contribution in [3.8, 4) is 0 Å². The Labute approximate surface area is 220 Å². The first-order valence-corrected chi connectivity index (χ1v) is 16.3. The van der Waals surface area contributed by atoms with Crippen molar-refractivity contribution < 1.29 is 29.0 Å². The molecule has 35 heavy (non-hydrogen) atoms. The van der Waals surface area contributed by atoms with E-state index in [4.69, 9.17) is 14.6 Å². The van der Waals surface area contributed by atoms with Crippen molar-refractivity contribution in [3.05, 3.63) is 0 Å². The summed E-state index contributed by atoms with van der Waals surface area (Å²) in [6.07, 6.45) is 21.6. The monoisotopic (exact) mass is 538 g/mol. The van der Waals surface area contributed by atoms with Crippen molar-refractivity contribution in [1.29, 1.82) is 0 Å². The fraction of sp³-hybridized carbons (Fsp3) is 0.963. The molecule has 0 aromatic heterocycles. The Bertz CT molecular complexity index is 510. The van der Waals surface area contributed by atoms with E-state index in [1.54, 1.807) is 0 Å². The summed E-state index contributed by atoms with van der Waals surface area (Å²) in [6.45, 7) is 7.06. The number of unbranched alkanes of at least 4 members (excludes halogenated alkanes) is 13. The maximum Gasteiger partial charge on any atom is 0.371 e. The first-order valence-electron chi connectivity index (χ1n) is 14.2. The van der Waals surface area contributed by atoms with Gasteiger partial charge in [-0.25, -0.2) is 4.79 Å². The summed E-state index contributed by atoms with van der Waals surface area (Å²) in [5, 5.41) is 19.0. The topological polar surface area (TPSA) is 93.1 Å². The Morgan fingerprint density at radius 3 is 1.86 bits per heavy atom. The summed E-state index contributed by atoms with van der Waals surface area (Å²) in [7, 11) is -1.98. The first-order chi connectivity index (χ1) is 16.9.